The van der Waals surface area contributed by atoms with Gasteiger partial charge in [-0.05, 0) is 31.8 Å². The monoisotopic (exact) mass is 279 g/mol. The van der Waals surface area contributed by atoms with E-state index in [1.165, 1.54) is 19.3 Å². The number of hydrogen-bond donors (Lipinski definition) is 2. The molecule has 0 bridgehead atoms. The maximum Gasteiger partial charge on any atom is 0.315 e. The normalized spacial score (nSPS) is 27.8. The van der Waals surface area contributed by atoms with Gasteiger partial charge in [-0.15, -0.1) is 0 Å². The van der Waals surface area contributed by atoms with E-state index in [9.17, 15) is 9.90 Å². The first kappa shape index (κ1) is 17.0. The van der Waals surface area contributed by atoms with E-state index in [4.69, 9.17) is 5.73 Å². The molecule has 0 aromatic rings. The molecule has 0 fully saturated rings. The third-order valence-electron chi connectivity index (χ3n) is 4.72. The van der Waals surface area contributed by atoms with Crippen molar-refractivity contribution in [2.45, 2.75) is 65.8 Å². The molecule has 1 aliphatic carbocycles. The molecule has 0 saturated heterocycles. The summed E-state index contributed by atoms with van der Waals surface area (Å²) in [6, 6.07) is -0.416. The van der Waals surface area contributed by atoms with Gasteiger partial charge in [0.2, 0.25) is 0 Å². The molecule has 0 saturated carbocycles. The van der Waals surface area contributed by atoms with Crippen molar-refractivity contribution in [2.24, 2.45) is 17.1 Å². The third kappa shape index (κ3) is 3.51. The van der Waals surface area contributed by atoms with Crippen molar-refractivity contribution in [3.05, 3.63) is 23.3 Å². The Kier molecular flexibility index (Phi) is 6.00. The highest BCUT2D eigenvalue weighted by Crippen LogP contribution is 2.37. The van der Waals surface area contributed by atoms with Crippen molar-refractivity contribution in [1.29, 1.82) is 0 Å². The number of unbranched alkanes of at least 4 members (excludes halogenated alkanes) is 1. The van der Waals surface area contributed by atoms with Crippen LogP contribution >= 0.6 is 0 Å². The van der Waals surface area contributed by atoms with E-state index in [2.05, 4.69) is 13.8 Å². The van der Waals surface area contributed by atoms with Gasteiger partial charge in [0.15, 0.2) is 0 Å². The minimum Gasteiger partial charge on any atom is -0.481 e. The van der Waals surface area contributed by atoms with E-state index in [1.54, 1.807) is 13.0 Å². The van der Waals surface area contributed by atoms with Gasteiger partial charge in [0.05, 0.1) is 0 Å². The molecular formula is C17H29NO2. The summed E-state index contributed by atoms with van der Waals surface area (Å²) in [5.41, 5.74) is 7.59. The number of carbonyl (C=O) groups is 1. The van der Waals surface area contributed by atoms with Gasteiger partial charge in [-0.3, -0.25) is 4.79 Å². The van der Waals surface area contributed by atoms with Crippen LogP contribution < -0.4 is 5.73 Å². The minimum absolute atomic E-state index is 0.416. The predicted molar refractivity (Wildman–Crippen MR) is 83.5 cm³/mol. The Balaban J connectivity index is 2.91. The van der Waals surface area contributed by atoms with Crippen LogP contribution in [-0.4, -0.2) is 17.1 Å². The Bertz CT molecular complexity index is 411. The molecule has 0 aromatic carbocycles. The Morgan fingerprint density at radius 2 is 2.15 bits per heavy atom. The molecule has 20 heavy (non-hydrogen) atoms. The molecule has 0 aliphatic heterocycles. The molecule has 0 spiro atoms. The lowest BCUT2D eigenvalue weighted by molar-refractivity contribution is -0.145. The lowest BCUT2D eigenvalue weighted by Crippen LogP contribution is -2.47. The summed E-state index contributed by atoms with van der Waals surface area (Å²) in [5, 5.41) is 9.45. The number of nitrogens with two attached hydrogens (primary N) is 1. The first-order valence-corrected chi connectivity index (χ1v) is 7.74. The van der Waals surface area contributed by atoms with Gasteiger partial charge in [-0.25, -0.2) is 0 Å². The zero-order valence-corrected chi connectivity index (χ0v) is 13.3. The topological polar surface area (TPSA) is 63.3 Å². The number of carboxylic acid groups (broad SMARTS) is 1. The van der Waals surface area contributed by atoms with Crippen LogP contribution in [0.15, 0.2) is 23.3 Å². The molecule has 3 heteroatoms. The van der Waals surface area contributed by atoms with Crippen LogP contribution in [0.25, 0.3) is 0 Å². The molecule has 3 N–H and O–H groups in total. The Morgan fingerprint density at radius 3 is 2.65 bits per heavy atom. The van der Waals surface area contributed by atoms with Crippen molar-refractivity contribution in [3.8, 4) is 0 Å². The zero-order chi connectivity index (χ0) is 15.3. The average molecular weight is 279 g/mol. The fraction of sp³-hybridized carbons (Fsp3) is 0.706. The zero-order valence-electron chi connectivity index (χ0n) is 13.3. The molecular weight excluding hydrogens is 250 g/mol. The summed E-state index contributed by atoms with van der Waals surface area (Å²) in [6.45, 7) is 8.17. The van der Waals surface area contributed by atoms with E-state index in [-0.39, 0.29) is 0 Å². The highest BCUT2D eigenvalue weighted by atomic mass is 16.4. The van der Waals surface area contributed by atoms with Crippen molar-refractivity contribution >= 4 is 5.97 Å². The van der Waals surface area contributed by atoms with E-state index in [0.717, 1.165) is 24.0 Å². The second-order valence-electron chi connectivity index (χ2n) is 6.23. The summed E-state index contributed by atoms with van der Waals surface area (Å²) < 4.78 is 0. The molecule has 0 heterocycles. The molecule has 1 aliphatic rings. The van der Waals surface area contributed by atoms with Crippen LogP contribution in [0, 0.1) is 11.3 Å². The molecule has 3 nitrogen and oxygen atoms in total. The van der Waals surface area contributed by atoms with Gasteiger partial charge in [-0.2, -0.15) is 0 Å². The lowest BCUT2D eigenvalue weighted by atomic mass is 9.71. The van der Waals surface area contributed by atoms with Crippen molar-refractivity contribution < 1.29 is 9.90 Å². The summed E-state index contributed by atoms with van der Waals surface area (Å²) >= 11 is 0. The van der Waals surface area contributed by atoms with Gasteiger partial charge in [0.25, 0.3) is 0 Å². The number of carboxylic acids is 1. The number of allylic oxidation sites excluding steroid dienone is 2. The largest absolute Gasteiger partial charge is 0.481 e. The maximum atomic E-state index is 11.5. The van der Waals surface area contributed by atoms with Gasteiger partial charge in [-0.1, -0.05) is 57.3 Å². The van der Waals surface area contributed by atoms with Gasteiger partial charge in [0, 0.05) is 6.04 Å². The smallest absolute Gasteiger partial charge is 0.315 e. The van der Waals surface area contributed by atoms with E-state index in [1.807, 2.05) is 13.0 Å². The molecule has 1 rings (SSSR count). The van der Waals surface area contributed by atoms with Crippen molar-refractivity contribution in [3.63, 3.8) is 0 Å². The SMILES string of the molecule is CCCCC(CC)CC1=C(C)C=CC(C)(C(=O)O)C1N. The molecule has 3 atom stereocenters. The Labute approximate surface area is 122 Å². The van der Waals surface area contributed by atoms with Crippen LogP contribution in [0.2, 0.25) is 0 Å². The number of hydrogen-bond acceptors (Lipinski definition) is 2. The maximum absolute atomic E-state index is 11.5. The molecule has 3 unspecified atom stereocenters. The van der Waals surface area contributed by atoms with E-state index < -0.39 is 17.4 Å². The lowest BCUT2D eigenvalue weighted by Gasteiger charge is -2.35. The minimum atomic E-state index is -0.974. The first-order valence-electron chi connectivity index (χ1n) is 7.74. The van der Waals surface area contributed by atoms with Crippen molar-refractivity contribution in [2.75, 3.05) is 0 Å². The average Bonchev–Trinajstić information content (AvgIpc) is 2.42. The van der Waals surface area contributed by atoms with Crippen LogP contribution in [0.1, 0.15) is 59.8 Å². The molecule has 0 radical (unpaired) electrons. The van der Waals surface area contributed by atoms with Crippen LogP contribution in [-0.2, 0) is 4.79 Å². The Hall–Kier alpha value is -1.09. The standard InChI is InChI=1S/C17H29NO2/c1-5-7-8-13(6-2)11-14-12(3)9-10-17(4,15(14)18)16(19)20/h9-10,13,15H,5-8,11,18H2,1-4H3,(H,19,20). The number of aliphatic carboxylic acids is 1. The van der Waals surface area contributed by atoms with Crippen molar-refractivity contribution in [1.82, 2.24) is 0 Å². The van der Waals surface area contributed by atoms with Crippen LogP contribution in [0.3, 0.4) is 0 Å². The summed E-state index contributed by atoms with van der Waals surface area (Å²) in [4.78, 5) is 11.5. The quantitative estimate of drug-likeness (QED) is 0.743. The Morgan fingerprint density at radius 1 is 1.50 bits per heavy atom. The van der Waals surface area contributed by atoms with E-state index in [0.29, 0.717) is 5.92 Å². The second-order valence-corrected chi connectivity index (χ2v) is 6.23. The highest BCUT2D eigenvalue weighted by molar-refractivity contribution is 5.79. The predicted octanol–water partition coefficient (Wildman–Crippen LogP) is 3.90. The fourth-order valence-corrected chi connectivity index (χ4v) is 2.86. The van der Waals surface area contributed by atoms with Crippen LogP contribution in [0.4, 0.5) is 0 Å². The van der Waals surface area contributed by atoms with Gasteiger partial charge >= 0.3 is 5.97 Å². The van der Waals surface area contributed by atoms with E-state index >= 15 is 0 Å². The van der Waals surface area contributed by atoms with Crippen LogP contribution in [0.5, 0.6) is 0 Å². The molecule has 114 valence electrons. The third-order valence-corrected chi connectivity index (χ3v) is 4.72. The number of rotatable bonds is 7. The molecule has 0 aromatic heterocycles. The first-order chi connectivity index (χ1) is 9.36. The fourth-order valence-electron chi connectivity index (χ4n) is 2.86. The molecule has 0 amide bonds. The van der Waals surface area contributed by atoms with Gasteiger partial charge in [0.1, 0.15) is 5.41 Å². The summed E-state index contributed by atoms with van der Waals surface area (Å²) in [5.74, 6) is -0.233. The highest BCUT2D eigenvalue weighted by Gasteiger charge is 2.41. The van der Waals surface area contributed by atoms with Gasteiger partial charge < -0.3 is 10.8 Å². The second kappa shape index (κ2) is 7.07. The summed E-state index contributed by atoms with van der Waals surface area (Å²) in [7, 11) is 0. The summed E-state index contributed by atoms with van der Waals surface area (Å²) in [6.07, 6.45) is 9.35.